The molecule has 0 unspecified atom stereocenters. The third-order valence-corrected chi connectivity index (χ3v) is 8.63. The zero-order chi connectivity index (χ0) is 31.2. The molecule has 3 aromatic heterocycles. The van der Waals surface area contributed by atoms with Crippen molar-refractivity contribution >= 4 is 33.4 Å². The number of ether oxygens (including phenoxy) is 2. The van der Waals surface area contributed by atoms with Crippen molar-refractivity contribution in [1.29, 1.82) is 0 Å². The number of aryl methyl sites for hydroxylation is 2. The minimum atomic E-state index is -0.211. The highest BCUT2D eigenvalue weighted by molar-refractivity contribution is 7.16. The van der Waals surface area contributed by atoms with Crippen LogP contribution in [0.25, 0.3) is 21.6 Å². The smallest absolute Gasteiger partial charge is 0.274 e. The topological polar surface area (TPSA) is 116 Å². The second-order valence-electron chi connectivity index (χ2n) is 10.9. The van der Waals surface area contributed by atoms with Crippen LogP contribution in [0.5, 0.6) is 11.5 Å². The molecule has 12 heteroatoms. The van der Waals surface area contributed by atoms with Gasteiger partial charge >= 0.3 is 0 Å². The average Bonchev–Trinajstić information content (AvgIpc) is 3.73. The van der Waals surface area contributed by atoms with Crippen LogP contribution < -0.4 is 9.47 Å². The van der Waals surface area contributed by atoms with Gasteiger partial charge in [0.1, 0.15) is 18.1 Å². The monoisotopic (exact) mass is 625 g/mol. The summed E-state index contributed by atoms with van der Waals surface area (Å²) < 4.78 is 14.9. The molecule has 2 amide bonds. The number of amides is 2. The number of methoxy groups -OCH3 is 1. The highest BCUT2D eigenvalue weighted by Crippen LogP contribution is 2.32. The second-order valence-corrected chi connectivity index (χ2v) is 11.8. The van der Waals surface area contributed by atoms with E-state index in [1.54, 1.807) is 29.9 Å². The van der Waals surface area contributed by atoms with Gasteiger partial charge in [-0.1, -0.05) is 0 Å². The van der Waals surface area contributed by atoms with E-state index in [0.29, 0.717) is 56.2 Å². The van der Waals surface area contributed by atoms with Crippen LogP contribution in [0.3, 0.4) is 0 Å². The highest BCUT2D eigenvalue weighted by atomic mass is 32.1. The maximum atomic E-state index is 13.8. The van der Waals surface area contributed by atoms with Gasteiger partial charge < -0.3 is 23.8 Å². The van der Waals surface area contributed by atoms with Crippen LogP contribution in [-0.2, 0) is 6.54 Å². The predicted octanol–water partition coefficient (Wildman–Crippen LogP) is 5.11. The van der Waals surface area contributed by atoms with E-state index in [9.17, 15) is 9.59 Å². The summed E-state index contributed by atoms with van der Waals surface area (Å²) in [6.07, 6.45) is 9.01. The Kier molecular flexibility index (Phi) is 9.30. The molecule has 45 heavy (non-hydrogen) atoms. The SMILES string of the molecule is COc1ccc2cc1OCCN(C(=O)c1cnc(C)cn1)CCCCN(C(=O)c1ccc3ncsc3c1)CCCn1ccnc1-2. The van der Waals surface area contributed by atoms with Crippen LogP contribution in [0, 0.1) is 6.92 Å². The van der Waals surface area contributed by atoms with Crippen molar-refractivity contribution in [2.75, 3.05) is 39.9 Å². The van der Waals surface area contributed by atoms with Gasteiger partial charge in [-0.3, -0.25) is 14.6 Å². The number of carbonyl (C=O) groups is 2. The molecule has 232 valence electrons. The summed E-state index contributed by atoms with van der Waals surface area (Å²) in [5, 5.41) is 0. The standard InChI is InChI=1S/C33H35N7O4S/c1-23-20-36-27(21-35-23)33(42)40-12-4-3-11-39(32(41)25-6-8-26-30(19-25)45-22-37-26)14-5-13-38-15-10-34-31(38)24-7-9-28(43-2)29(18-24)44-17-16-40/h6-10,15,18-22H,3-5,11-14,16-17H2,1-2H3. The first-order valence-corrected chi connectivity index (χ1v) is 15.9. The molecule has 1 aliphatic rings. The van der Waals surface area contributed by atoms with Crippen molar-refractivity contribution in [2.24, 2.45) is 0 Å². The molecule has 1 aliphatic heterocycles. The van der Waals surface area contributed by atoms with Crippen molar-refractivity contribution in [1.82, 2.24) is 34.3 Å². The first-order chi connectivity index (χ1) is 22.0. The number of rotatable bonds is 3. The fraction of sp³-hybridized carbons (Fsp3) is 0.333. The van der Waals surface area contributed by atoms with E-state index in [-0.39, 0.29) is 24.1 Å². The zero-order valence-corrected chi connectivity index (χ0v) is 26.2. The van der Waals surface area contributed by atoms with Crippen molar-refractivity contribution in [2.45, 2.75) is 32.7 Å². The Bertz CT molecular complexity index is 1790. The molecule has 0 atom stereocenters. The Morgan fingerprint density at radius 1 is 0.867 bits per heavy atom. The molecule has 0 saturated heterocycles. The average molecular weight is 626 g/mol. The molecule has 5 aromatic rings. The number of imidazole rings is 1. The number of hydrogen-bond acceptors (Lipinski definition) is 9. The molecule has 6 rings (SSSR count). The first kappa shape index (κ1) is 30.2. The molecular weight excluding hydrogens is 590 g/mol. The molecule has 4 heterocycles. The van der Waals surface area contributed by atoms with E-state index in [2.05, 4.69) is 24.5 Å². The summed E-state index contributed by atoms with van der Waals surface area (Å²) in [6, 6.07) is 11.4. The molecule has 2 bridgehead atoms. The van der Waals surface area contributed by atoms with E-state index in [1.165, 1.54) is 17.5 Å². The summed E-state index contributed by atoms with van der Waals surface area (Å²) in [5.41, 5.74) is 5.25. The lowest BCUT2D eigenvalue weighted by Gasteiger charge is -2.25. The summed E-state index contributed by atoms with van der Waals surface area (Å²) in [5.74, 6) is 1.76. The minimum absolute atomic E-state index is 0.00914. The fourth-order valence-electron chi connectivity index (χ4n) is 5.45. The van der Waals surface area contributed by atoms with Gasteiger partial charge in [0.25, 0.3) is 11.8 Å². The maximum Gasteiger partial charge on any atom is 0.274 e. The van der Waals surface area contributed by atoms with Gasteiger partial charge in [-0.2, -0.15) is 0 Å². The lowest BCUT2D eigenvalue weighted by molar-refractivity contribution is 0.0700. The Morgan fingerprint density at radius 3 is 2.49 bits per heavy atom. The van der Waals surface area contributed by atoms with Crippen molar-refractivity contribution < 1.29 is 19.1 Å². The number of hydrogen-bond donors (Lipinski definition) is 0. The highest BCUT2D eigenvalue weighted by Gasteiger charge is 2.21. The summed E-state index contributed by atoms with van der Waals surface area (Å²) in [4.78, 5) is 48.5. The third kappa shape index (κ3) is 6.96. The number of aromatic nitrogens is 5. The molecule has 0 saturated carbocycles. The quantitative estimate of drug-likeness (QED) is 0.272. The fourth-order valence-corrected chi connectivity index (χ4v) is 6.16. The van der Waals surface area contributed by atoms with Crippen LogP contribution in [0.2, 0.25) is 0 Å². The Morgan fingerprint density at radius 2 is 1.69 bits per heavy atom. The third-order valence-electron chi connectivity index (χ3n) is 7.84. The van der Waals surface area contributed by atoms with Crippen molar-refractivity contribution in [3.8, 4) is 22.9 Å². The number of nitrogens with zero attached hydrogens (tertiary/aromatic N) is 7. The van der Waals surface area contributed by atoms with E-state index in [0.717, 1.165) is 40.1 Å². The van der Waals surface area contributed by atoms with Crippen LogP contribution in [0.15, 0.2) is 66.7 Å². The summed E-state index contributed by atoms with van der Waals surface area (Å²) in [7, 11) is 1.60. The minimum Gasteiger partial charge on any atom is -0.493 e. The van der Waals surface area contributed by atoms with E-state index >= 15 is 0 Å². The number of benzene rings is 2. The number of thiazole rings is 1. The Balaban J connectivity index is 1.28. The van der Waals surface area contributed by atoms with Crippen molar-refractivity contribution in [3.05, 3.63) is 83.6 Å². The number of fused-ring (bicyclic) bond motifs is 5. The van der Waals surface area contributed by atoms with Gasteiger partial charge in [-0.25, -0.2) is 15.0 Å². The molecule has 0 aliphatic carbocycles. The molecular formula is C33H35N7O4S. The molecule has 0 N–H and O–H groups in total. The molecule has 0 radical (unpaired) electrons. The normalized spacial score (nSPS) is 14.8. The predicted molar refractivity (Wildman–Crippen MR) is 172 cm³/mol. The summed E-state index contributed by atoms with van der Waals surface area (Å²) >= 11 is 1.53. The molecule has 0 spiro atoms. The lowest BCUT2D eigenvalue weighted by Crippen LogP contribution is -2.37. The lowest BCUT2D eigenvalue weighted by atomic mass is 10.1. The molecule has 0 fully saturated rings. The second kappa shape index (κ2) is 13.9. The Labute approximate surface area is 265 Å². The zero-order valence-electron chi connectivity index (χ0n) is 25.4. The van der Waals surface area contributed by atoms with Crippen LogP contribution in [-0.4, -0.2) is 86.0 Å². The Hall–Kier alpha value is -4.84. The van der Waals surface area contributed by atoms with Crippen molar-refractivity contribution in [3.63, 3.8) is 0 Å². The van der Waals surface area contributed by atoms with E-state index in [1.807, 2.05) is 54.4 Å². The van der Waals surface area contributed by atoms with Gasteiger partial charge in [-0.15, -0.1) is 11.3 Å². The number of carbonyl (C=O) groups excluding carboxylic acids is 2. The van der Waals surface area contributed by atoms with Crippen LogP contribution >= 0.6 is 11.3 Å². The van der Waals surface area contributed by atoms with Crippen LogP contribution in [0.1, 0.15) is 45.8 Å². The van der Waals surface area contributed by atoms with Gasteiger partial charge in [0, 0.05) is 55.9 Å². The van der Waals surface area contributed by atoms with Crippen LogP contribution in [0.4, 0.5) is 0 Å². The first-order valence-electron chi connectivity index (χ1n) is 15.0. The van der Waals surface area contributed by atoms with E-state index in [4.69, 9.17) is 9.47 Å². The molecule has 2 aromatic carbocycles. The van der Waals surface area contributed by atoms with Gasteiger partial charge in [0.05, 0.1) is 41.3 Å². The maximum absolute atomic E-state index is 13.8. The van der Waals surface area contributed by atoms with Gasteiger partial charge in [0.15, 0.2) is 11.5 Å². The largest absolute Gasteiger partial charge is 0.493 e. The summed E-state index contributed by atoms with van der Waals surface area (Å²) in [6.45, 7) is 4.75. The van der Waals surface area contributed by atoms with Gasteiger partial charge in [-0.05, 0) is 62.6 Å². The van der Waals surface area contributed by atoms with E-state index < -0.39 is 0 Å². The molecule has 11 nitrogen and oxygen atoms in total. The van der Waals surface area contributed by atoms with Gasteiger partial charge in [0.2, 0.25) is 0 Å².